The second-order valence-electron chi connectivity index (χ2n) is 5.20. The molecular weight excluding hydrogens is 268 g/mol. The lowest BCUT2D eigenvalue weighted by Gasteiger charge is -2.26. The Balaban J connectivity index is 0.00000133. The normalized spacial score (nSPS) is 26.3. The Hall–Kier alpha value is -1.07. The van der Waals surface area contributed by atoms with Crippen molar-refractivity contribution in [2.24, 2.45) is 5.92 Å². The third-order valence-electron chi connectivity index (χ3n) is 4.00. The van der Waals surface area contributed by atoms with E-state index < -0.39 is 5.97 Å². The second kappa shape index (κ2) is 5.92. The molecule has 0 saturated carbocycles. The topological polar surface area (TPSA) is 64.3 Å². The van der Waals surface area contributed by atoms with Crippen LogP contribution in [-0.4, -0.2) is 33.8 Å². The average Bonchev–Trinajstić information content (AvgIpc) is 2.82. The molecule has 0 bridgehead atoms. The number of hydrogen-bond donors (Lipinski definition) is 1. The number of carboxylic acids is 1. The zero-order valence-corrected chi connectivity index (χ0v) is 11.6. The minimum Gasteiger partial charge on any atom is -0.481 e. The average molecular weight is 287 g/mol. The smallest absolute Gasteiger partial charge is 0.306 e. The van der Waals surface area contributed by atoms with E-state index in [2.05, 4.69) is 9.55 Å². The molecule has 0 spiro atoms. The molecular formula is C13H19ClN2O3. The Morgan fingerprint density at radius 3 is 3.00 bits per heavy atom. The quantitative estimate of drug-likeness (QED) is 0.901. The molecule has 2 aliphatic rings. The molecule has 106 valence electrons. The van der Waals surface area contributed by atoms with Gasteiger partial charge in [-0.05, 0) is 19.3 Å². The summed E-state index contributed by atoms with van der Waals surface area (Å²) in [5.41, 5.74) is 1.06. The summed E-state index contributed by atoms with van der Waals surface area (Å²) in [6.45, 7) is 2.38. The van der Waals surface area contributed by atoms with Gasteiger partial charge in [-0.25, -0.2) is 4.98 Å². The third-order valence-corrected chi connectivity index (χ3v) is 4.00. The molecule has 5 nitrogen and oxygen atoms in total. The zero-order valence-electron chi connectivity index (χ0n) is 10.7. The van der Waals surface area contributed by atoms with Crippen molar-refractivity contribution in [2.45, 2.75) is 38.1 Å². The summed E-state index contributed by atoms with van der Waals surface area (Å²) in [6.07, 6.45) is 5.37. The number of aliphatic carboxylic acids is 1. The first-order valence-electron chi connectivity index (χ1n) is 6.60. The molecule has 6 heteroatoms. The number of carbonyl (C=O) groups is 1. The summed E-state index contributed by atoms with van der Waals surface area (Å²) in [5.74, 6) is 0.539. The van der Waals surface area contributed by atoms with Gasteiger partial charge >= 0.3 is 5.97 Å². The fourth-order valence-electron chi connectivity index (χ4n) is 2.97. The standard InChI is InChI=1S/C13H18N2O3.ClH/c16-13(17)9-3-4-15-11(6-9)7-14-12(15)10-2-1-5-18-8-10;/h7,9-10H,1-6,8H2,(H,16,17);1H. The minimum atomic E-state index is -0.690. The van der Waals surface area contributed by atoms with E-state index in [9.17, 15) is 4.79 Å². The van der Waals surface area contributed by atoms with Crippen LogP contribution in [0.5, 0.6) is 0 Å². The van der Waals surface area contributed by atoms with Crippen LogP contribution in [0.4, 0.5) is 0 Å². The number of halogens is 1. The Kier molecular flexibility index (Phi) is 4.47. The van der Waals surface area contributed by atoms with Gasteiger partial charge in [0.15, 0.2) is 0 Å². The molecule has 3 rings (SSSR count). The Morgan fingerprint density at radius 2 is 2.32 bits per heavy atom. The number of carboxylic acid groups (broad SMARTS) is 1. The van der Waals surface area contributed by atoms with Gasteiger partial charge in [0.1, 0.15) is 5.82 Å². The highest BCUT2D eigenvalue weighted by molar-refractivity contribution is 5.85. The molecule has 3 heterocycles. The van der Waals surface area contributed by atoms with E-state index >= 15 is 0 Å². The fraction of sp³-hybridized carbons (Fsp3) is 0.692. The number of nitrogens with zero attached hydrogens (tertiary/aromatic N) is 2. The SMILES string of the molecule is Cl.O=C(O)C1CCn2c(cnc2C2CCCOC2)C1. The van der Waals surface area contributed by atoms with Gasteiger partial charge in [0.2, 0.25) is 0 Å². The van der Waals surface area contributed by atoms with Crippen molar-refractivity contribution in [3.63, 3.8) is 0 Å². The zero-order chi connectivity index (χ0) is 12.5. The van der Waals surface area contributed by atoms with Gasteiger partial charge in [-0.3, -0.25) is 4.79 Å². The number of rotatable bonds is 2. The minimum absolute atomic E-state index is 0. The van der Waals surface area contributed by atoms with Gasteiger partial charge in [-0.2, -0.15) is 0 Å². The lowest BCUT2D eigenvalue weighted by Crippen LogP contribution is -2.27. The molecule has 1 fully saturated rings. The molecule has 0 aliphatic carbocycles. The predicted octanol–water partition coefficient (Wildman–Crippen LogP) is 1.85. The number of imidazole rings is 1. The van der Waals surface area contributed by atoms with E-state index in [-0.39, 0.29) is 18.3 Å². The van der Waals surface area contributed by atoms with Crippen LogP contribution in [0.2, 0.25) is 0 Å². The van der Waals surface area contributed by atoms with Crippen LogP contribution in [0, 0.1) is 5.92 Å². The van der Waals surface area contributed by atoms with E-state index in [0.717, 1.165) is 44.1 Å². The highest BCUT2D eigenvalue weighted by Gasteiger charge is 2.29. The molecule has 2 aliphatic heterocycles. The summed E-state index contributed by atoms with van der Waals surface area (Å²) >= 11 is 0. The Morgan fingerprint density at radius 1 is 1.47 bits per heavy atom. The molecule has 0 radical (unpaired) electrons. The van der Waals surface area contributed by atoms with Crippen LogP contribution in [-0.2, 0) is 22.5 Å². The van der Waals surface area contributed by atoms with E-state index in [0.29, 0.717) is 18.8 Å². The van der Waals surface area contributed by atoms with Crippen LogP contribution in [0.3, 0.4) is 0 Å². The van der Waals surface area contributed by atoms with E-state index in [1.165, 1.54) is 0 Å². The van der Waals surface area contributed by atoms with Gasteiger partial charge in [0.05, 0.1) is 12.5 Å². The highest BCUT2D eigenvalue weighted by atomic mass is 35.5. The van der Waals surface area contributed by atoms with Crippen LogP contribution >= 0.6 is 12.4 Å². The lowest BCUT2D eigenvalue weighted by molar-refractivity contribution is -0.142. The summed E-state index contributed by atoms with van der Waals surface area (Å²) < 4.78 is 7.72. The molecule has 1 aromatic heterocycles. The predicted molar refractivity (Wildman–Crippen MR) is 71.7 cm³/mol. The molecule has 0 aromatic carbocycles. The molecule has 1 aromatic rings. The van der Waals surface area contributed by atoms with Crippen molar-refractivity contribution in [3.05, 3.63) is 17.7 Å². The fourth-order valence-corrected chi connectivity index (χ4v) is 2.97. The van der Waals surface area contributed by atoms with Crippen LogP contribution in [0.1, 0.15) is 36.7 Å². The third kappa shape index (κ3) is 2.77. The Bertz CT molecular complexity index is 455. The lowest BCUT2D eigenvalue weighted by atomic mass is 9.95. The molecule has 1 N–H and O–H groups in total. The van der Waals surface area contributed by atoms with Gasteiger partial charge in [-0.15, -0.1) is 12.4 Å². The van der Waals surface area contributed by atoms with E-state index in [1.54, 1.807) is 0 Å². The summed E-state index contributed by atoms with van der Waals surface area (Å²) in [7, 11) is 0. The van der Waals surface area contributed by atoms with Crippen molar-refractivity contribution < 1.29 is 14.6 Å². The van der Waals surface area contributed by atoms with Crippen LogP contribution < -0.4 is 0 Å². The van der Waals surface area contributed by atoms with Crippen molar-refractivity contribution in [1.29, 1.82) is 0 Å². The van der Waals surface area contributed by atoms with Gasteiger partial charge in [-0.1, -0.05) is 0 Å². The van der Waals surface area contributed by atoms with E-state index in [4.69, 9.17) is 9.84 Å². The first-order valence-corrected chi connectivity index (χ1v) is 6.60. The molecule has 0 amide bonds. The summed E-state index contributed by atoms with van der Waals surface area (Å²) in [4.78, 5) is 15.5. The maximum absolute atomic E-state index is 11.0. The van der Waals surface area contributed by atoms with Crippen molar-refractivity contribution >= 4 is 18.4 Å². The molecule has 2 unspecified atom stereocenters. The largest absolute Gasteiger partial charge is 0.481 e. The maximum atomic E-state index is 11.0. The van der Waals surface area contributed by atoms with Gasteiger partial charge in [0.25, 0.3) is 0 Å². The van der Waals surface area contributed by atoms with E-state index in [1.807, 2.05) is 6.20 Å². The van der Waals surface area contributed by atoms with Gasteiger partial charge in [0, 0.05) is 37.4 Å². The van der Waals surface area contributed by atoms with Crippen molar-refractivity contribution in [2.75, 3.05) is 13.2 Å². The highest BCUT2D eigenvalue weighted by Crippen LogP contribution is 2.29. The van der Waals surface area contributed by atoms with Gasteiger partial charge < -0.3 is 14.4 Å². The first-order chi connectivity index (χ1) is 8.75. The number of fused-ring (bicyclic) bond motifs is 1. The van der Waals surface area contributed by atoms with Crippen molar-refractivity contribution in [3.8, 4) is 0 Å². The number of ether oxygens (including phenoxy) is 1. The monoisotopic (exact) mass is 286 g/mol. The second-order valence-corrected chi connectivity index (χ2v) is 5.20. The molecule has 2 atom stereocenters. The first kappa shape index (κ1) is 14.3. The molecule has 1 saturated heterocycles. The summed E-state index contributed by atoms with van der Waals surface area (Å²) in [5, 5.41) is 9.07. The van der Waals surface area contributed by atoms with Crippen molar-refractivity contribution in [1.82, 2.24) is 9.55 Å². The number of aromatic nitrogens is 2. The Labute approximate surface area is 118 Å². The number of hydrogen-bond acceptors (Lipinski definition) is 3. The van der Waals surface area contributed by atoms with Crippen LogP contribution in [0.15, 0.2) is 6.20 Å². The molecule has 19 heavy (non-hydrogen) atoms. The summed E-state index contributed by atoms with van der Waals surface area (Å²) in [6, 6.07) is 0. The van der Waals surface area contributed by atoms with Crippen LogP contribution in [0.25, 0.3) is 0 Å². The maximum Gasteiger partial charge on any atom is 0.306 e.